The molecule has 0 amide bonds. The lowest BCUT2D eigenvalue weighted by atomic mass is 10.1. The van der Waals surface area contributed by atoms with E-state index >= 15 is 0 Å². The van der Waals surface area contributed by atoms with E-state index in [1.807, 2.05) is 18.2 Å². The lowest BCUT2D eigenvalue weighted by Gasteiger charge is -2.06. The first-order chi connectivity index (χ1) is 9.36. The van der Waals surface area contributed by atoms with E-state index in [1.165, 1.54) is 6.20 Å². The maximum atomic E-state index is 11.1. The third kappa shape index (κ3) is 4.16. The van der Waals surface area contributed by atoms with Crippen LogP contribution in [-0.2, 0) is 16.4 Å². The molecule has 0 aliphatic carbocycles. The Hall–Kier alpha value is -0.670. The fraction of sp³-hybridized carbons (Fsp3) is 0.182. The lowest BCUT2D eigenvalue weighted by molar-refractivity contribution is 0.599. The topological polar surface area (TPSA) is 85.1 Å². The van der Waals surface area contributed by atoms with E-state index in [-0.39, 0.29) is 4.21 Å². The number of hydrogen-bond donors (Lipinski definition) is 2. The fourth-order valence-corrected chi connectivity index (χ4v) is 3.63. The molecule has 0 spiro atoms. The third-order valence-corrected chi connectivity index (χ3v) is 5.81. The van der Waals surface area contributed by atoms with Crippen molar-refractivity contribution < 1.29 is 8.42 Å². The molecule has 2 rings (SSSR count). The number of nitrogens with zero attached hydrogens (tertiary/aromatic N) is 1. The number of hydrogen-bond acceptors (Lipinski definition) is 5. The molecule has 1 heterocycles. The average molecular weight is 397 g/mol. The predicted molar refractivity (Wildman–Crippen MR) is 84.8 cm³/mol. The Morgan fingerprint density at radius 1 is 1.45 bits per heavy atom. The molecule has 0 atom stereocenters. The van der Waals surface area contributed by atoms with E-state index in [9.17, 15) is 8.42 Å². The quantitative estimate of drug-likeness (QED) is 0.814. The normalized spacial score (nSPS) is 11.6. The second-order valence-electron chi connectivity index (χ2n) is 3.94. The highest BCUT2D eigenvalue weighted by molar-refractivity contribution is 9.10. The molecule has 0 aliphatic rings. The van der Waals surface area contributed by atoms with Gasteiger partial charge in [0.2, 0.25) is 10.0 Å². The van der Waals surface area contributed by atoms with Crippen molar-refractivity contribution in [3.63, 3.8) is 0 Å². The van der Waals surface area contributed by atoms with Crippen LogP contribution in [0.25, 0.3) is 0 Å². The molecule has 0 fully saturated rings. The Bertz CT molecular complexity index is 718. The van der Waals surface area contributed by atoms with Gasteiger partial charge in [-0.15, -0.1) is 0 Å². The minimum absolute atomic E-state index is 0.0453. The van der Waals surface area contributed by atoms with Gasteiger partial charge in [0.15, 0.2) is 9.34 Å². The summed E-state index contributed by atoms with van der Waals surface area (Å²) in [6.45, 7) is 0.608. The Balaban J connectivity index is 1.96. The van der Waals surface area contributed by atoms with Crippen LogP contribution in [0.3, 0.4) is 0 Å². The summed E-state index contributed by atoms with van der Waals surface area (Å²) in [5.74, 6) is 0. The highest BCUT2D eigenvalue weighted by atomic mass is 79.9. The second kappa shape index (κ2) is 6.40. The van der Waals surface area contributed by atoms with Crippen molar-refractivity contribution in [2.24, 2.45) is 5.14 Å². The summed E-state index contributed by atoms with van der Waals surface area (Å²) >= 11 is 10.4. The van der Waals surface area contributed by atoms with Gasteiger partial charge in [-0.2, -0.15) is 0 Å². The van der Waals surface area contributed by atoms with Crippen LogP contribution in [0.2, 0.25) is 5.02 Å². The van der Waals surface area contributed by atoms with Crippen molar-refractivity contribution in [3.8, 4) is 0 Å². The van der Waals surface area contributed by atoms with Crippen molar-refractivity contribution in [2.75, 3.05) is 11.9 Å². The summed E-state index contributed by atoms with van der Waals surface area (Å²) in [6.07, 6.45) is 1.98. The van der Waals surface area contributed by atoms with Crippen LogP contribution in [0.5, 0.6) is 0 Å². The highest BCUT2D eigenvalue weighted by Crippen LogP contribution is 2.23. The first-order valence-electron chi connectivity index (χ1n) is 5.52. The van der Waals surface area contributed by atoms with Gasteiger partial charge in [0.1, 0.15) is 0 Å². The molecule has 3 N–H and O–H groups in total. The SMILES string of the molecule is NS(=O)(=O)c1cnc(NCCc2cc(Cl)ccc2Br)s1. The van der Waals surface area contributed by atoms with Crippen molar-refractivity contribution in [1.29, 1.82) is 0 Å². The van der Waals surface area contributed by atoms with E-state index in [2.05, 4.69) is 26.2 Å². The minimum atomic E-state index is -3.68. The van der Waals surface area contributed by atoms with Crippen LogP contribution in [-0.4, -0.2) is 19.9 Å². The number of halogens is 2. The number of thiazole rings is 1. The zero-order valence-corrected chi connectivity index (χ0v) is 14.1. The van der Waals surface area contributed by atoms with Crippen LogP contribution < -0.4 is 10.5 Å². The van der Waals surface area contributed by atoms with Gasteiger partial charge in [-0.05, 0) is 30.2 Å². The number of nitrogens with one attached hydrogen (secondary N) is 1. The Labute approximate surface area is 134 Å². The van der Waals surface area contributed by atoms with Crippen molar-refractivity contribution in [1.82, 2.24) is 4.98 Å². The number of anilines is 1. The predicted octanol–water partition coefficient (Wildman–Crippen LogP) is 2.86. The molecule has 0 saturated carbocycles. The zero-order valence-electron chi connectivity index (χ0n) is 10.1. The number of nitrogens with two attached hydrogens (primary N) is 1. The van der Waals surface area contributed by atoms with Crippen LogP contribution >= 0.6 is 38.9 Å². The number of sulfonamides is 1. The number of aromatic nitrogens is 1. The number of rotatable bonds is 5. The van der Waals surface area contributed by atoms with Gasteiger partial charge in [0, 0.05) is 16.0 Å². The van der Waals surface area contributed by atoms with E-state index in [1.54, 1.807) is 0 Å². The smallest absolute Gasteiger partial charge is 0.249 e. The Morgan fingerprint density at radius 3 is 2.85 bits per heavy atom. The molecule has 1 aromatic heterocycles. The van der Waals surface area contributed by atoms with Crippen LogP contribution in [0.15, 0.2) is 33.1 Å². The van der Waals surface area contributed by atoms with E-state index in [0.717, 1.165) is 27.8 Å². The molecule has 2 aromatic rings. The molecular formula is C11H11BrClN3O2S2. The minimum Gasteiger partial charge on any atom is -0.361 e. The maximum absolute atomic E-state index is 11.1. The molecule has 108 valence electrons. The van der Waals surface area contributed by atoms with Gasteiger partial charge in [-0.25, -0.2) is 18.5 Å². The van der Waals surface area contributed by atoms with Crippen molar-refractivity contribution in [3.05, 3.63) is 39.5 Å². The van der Waals surface area contributed by atoms with E-state index in [0.29, 0.717) is 16.7 Å². The molecule has 0 saturated heterocycles. The molecule has 0 unspecified atom stereocenters. The molecule has 0 bridgehead atoms. The molecule has 0 radical (unpaired) electrons. The molecule has 1 aromatic carbocycles. The van der Waals surface area contributed by atoms with Gasteiger partial charge >= 0.3 is 0 Å². The third-order valence-electron chi connectivity index (χ3n) is 2.44. The summed E-state index contributed by atoms with van der Waals surface area (Å²) in [5.41, 5.74) is 1.06. The fourth-order valence-electron chi connectivity index (χ4n) is 1.51. The highest BCUT2D eigenvalue weighted by Gasteiger charge is 2.12. The average Bonchev–Trinajstić information content (AvgIpc) is 2.82. The number of primary sulfonamides is 1. The van der Waals surface area contributed by atoms with Crippen LogP contribution in [0.4, 0.5) is 5.13 Å². The summed E-state index contributed by atoms with van der Waals surface area (Å²) in [6, 6.07) is 5.58. The van der Waals surface area contributed by atoms with Gasteiger partial charge in [-0.3, -0.25) is 0 Å². The van der Waals surface area contributed by atoms with Crippen molar-refractivity contribution >= 4 is 54.0 Å². The molecule has 5 nitrogen and oxygen atoms in total. The summed E-state index contributed by atoms with van der Waals surface area (Å²) < 4.78 is 23.3. The molecule has 20 heavy (non-hydrogen) atoms. The van der Waals surface area contributed by atoms with Gasteiger partial charge < -0.3 is 5.32 Å². The largest absolute Gasteiger partial charge is 0.361 e. The summed E-state index contributed by atoms with van der Waals surface area (Å²) in [4.78, 5) is 3.96. The monoisotopic (exact) mass is 395 g/mol. The van der Waals surface area contributed by atoms with Gasteiger partial charge in [-0.1, -0.05) is 38.9 Å². The molecule has 0 aliphatic heterocycles. The Morgan fingerprint density at radius 2 is 2.20 bits per heavy atom. The number of benzene rings is 1. The van der Waals surface area contributed by atoms with E-state index in [4.69, 9.17) is 16.7 Å². The summed E-state index contributed by atoms with van der Waals surface area (Å²) in [5, 5.41) is 9.27. The first kappa shape index (κ1) is 15.7. The standard InChI is InChI=1S/C11H11BrClN3O2S2/c12-9-2-1-8(13)5-7(9)3-4-15-11-16-6-10(19-11)20(14,17)18/h1-2,5-6H,3-4H2,(H,15,16)(H2,14,17,18). The summed E-state index contributed by atoms with van der Waals surface area (Å²) in [7, 11) is -3.68. The Kier molecular flexibility index (Phi) is 5.03. The molecular weight excluding hydrogens is 386 g/mol. The van der Waals surface area contributed by atoms with Gasteiger partial charge in [0.25, 0.3) is 0 Å². The van der Waals surface area contributed by atoms with Gasteiger partial charge in [0.05, 0.1) is 6.20 Å². The zero-order chi connectivity index (χ0) is 14.8. The van der Waals surface area contributed by atoms with Crippen LogP contribution in [0, 0.1) is 0 Å². The van der Waals surface area contributed by atoms with E-state index < -0.39 is 10.0 Å². The molecule has 9 heteroatoms. The lowest BCUT2D eigenvalue weighted by Crippen LogP contribution is -2.10. The first-order valence-corrected chi connectivity index (χ1v) is 9.06. The van der Waals surface area contributed by atoms with Crippen LogP contribution in [0.1, 0.15) is 5.56 Å². The second-order valence-corrected chi connectivity index (χ2v) is 8.05. The maximum Gasteiger partial charge on any atom is 0.249 e. The van der Waals surface area contributed by atoms with Crippen molar-refractivity contribution in [2.45, 2.75) is 10.6 Å².